The van der Waals surface area contributed by atoms with Crippen LogP contribution in [0.3, 0.4) is 0 Å². The van der Waals surface area contributed by atoms with Gasteiger partial charge in [-0.25, -0.2) is 9.59 Å². The van der Waals surface area contributed by atoms with Crippen molar-refractivity contribution in [3.05, 3.63) is 81.7 Å². The number of hydrogen-bond acceptors (Lipinski definition) is 4. The molecule has 4 rings (SSSR count). The molecule has 0 bridgehead atoms. The van der Waals surface area contributed by atoms with Gasteiger partial charge in [0, 0.05) is 28.9 Å². The summed E-state index contributed by atoms with van der Waals surface area (Å²) in [5.74, 6) is -2.51. The van der Waals surface area contributed by atoms with Crippen molar-refractivity contribution in [3.63, 3.8) is 0 Å². The van der Waals surface area contributed by atoms with E-state index >= 15 is 0 Å². The Kier molecular flexibility index (Phi) is 7.38. The molecule has 2 aliphatic rings. The van der Waals surface area contributed by atoms with Crippen LogP contribution in [0.4, 0.5) is 0 Å². The Bertz CT molecular complexity index is 990. The van der Waals surface area contributed by atoms with E-state index < -0.39 is 11.9 Å². The fourth-order valence-corrected chi connectivity index (χ4v) is 3.95. The zero-order chi connectivity index (χ0) is 21.5. The predicted molar refractivity (Wildman–Crippen MR) is 116 cm³/mol. The maximum absolute atomic E-state index is 9.55. The molecular weight excluding hydrogens is 404 g/mol. The fraction of sp³-hybridized carbons (Fsp3) is 0.261. The van der Waals surface area contributed by atoms with E-state index in [4.69, 9.17) is 26.8 Å². The van der Waals surface area contributed by atoms with Gasteiger partial charge in [0.2, 0.25) is 0 Å². The molecule has 0 radical (unpaired) electrons. The van der Waals surface area contributed by atoms with E-state index in [2.05, 4.69) is 23.5 Å². The van der Waals surface area contributed by atoms with Gasteiger partial charge in [-0.05, 0) is 73.7 Å². The number of piperidine rings is 1. The van der Waals surface area contributed by atoms with Gasteiger partial charge in [-0.2, -0.15) is 0 Å². The van der Waals surface area contributed by atoms with E-state index in [0.717, 1.165) is 43.8 Å². The number of nitrogens with zero attached hydrogens (tertiary/aromatic N) is 1. The number of aliphatic carboxylic acids is 2. The first-order chi connectivity index (χ1) is 14.5. The summed E-state index contributed by atoms with van der Waals surface area (Å²) in [4.78, 5) is 23.9. The molecule has 1 aromatic carbocycles. The first-order valence-electron chi connectivity index (χ1n) is 9.75. The van der Waals surface area contributed by atoms with Crippen LogP contribution >= 0.6 is 11.6 Å². The van der Waals surface area contributed by atoms with Crippen LogP contribution in [0.5, 0.6) is 0 Å². The zero-order valence-electron chi connectivity index (χ0n) is 16.4. The minimum absolute atomic E-state index is 0.558. The highest BCUT2D eigenvalue weighted by Gasteiger charge is 2.23. The Morgan fingerprint density at radius 3 is 2.30 bits per heavy atom. The van der Waals surface area contributed by atoms with E-state index in [-0.39, 0.29) is 0 Å². The van der Waals surface area contributed by atoms with Gasteiger partial charge in [0.1, 0.15) is 0 Å². The van der Waals surface area contributed by atoms with Gasteiger partial charge in [0.05, 0.1) is 5.69 Å². The van der Waals surface area contributed by atoms with Crippen molar-refractivity contribution in [3.8, 4) is 0 Å². The summed E-state index contributed by atoms with van der Waals surface area (Å²) in [6.07, 6.45) is 7.31. The summed E-state index contributed by atoms with van der Waals surface area (Å²) in [7, 11) is 0. The molecule has 2 aromatic rings. The first-order valence-corrected chi connectivity index (χ1v) is 10.1. The summed E-state index contributed by atoms with van der Waals surface area (Å²) in [5, 5.41) is 19.9. The Balaban J connectivity index is 0.000000275. The normalized spacial score (nSPS) is 15.5. The molecule has 0 spiro atoms. The highest BCUT2D eigenvalue weighted by molar-refractivity contribution is 6.30. The van der Waals surface area contributed by atoms with E-state index in [0.29, 0.717) is 12.2 Å². The molecule has 0 saturated carbocycles. The smallest absolute Gasteiger partial charge is 0.328 e. The number of rotatable bonds is 2. The van der Waals surface area contributed by atoms with Crippen molar-refractivity contribution in [2.75, 3.05) is 13.1 Å². The monoisotopic (exact) mass is 426 g/mol. The Morgan fingerprint density at radius 2 is 1.63 bits per heavy atom. The number of aryl methyl sites for hydroxylation is 2. The van der Waals surface area contributed by atoms with Gasteiger partial charge in [-0.1, -0.05) is 29.3 Å². The van der Waals surface area contributed by atoms with Crippen molar-refractivity contribution < 1.29 is 19.8 Å². The number of benzene rings is 1. The maximum Gasteiger partial charge on any atom is 0.328 e. The highest BCUT2D eigenvalue weighted by Crippen LogP contribution is 2.37. The topological polar surface area (TPSA) is 99.5 Å². The van der Waals surface area contributed by atoms with Crippen molar-refractivity contribution in [2.45, 2.75) is 25.7 Å². The Labute approximate surface area is 179 Å². The molecule has 1 aromatic heterocycles. The number of halogens is 1. The van der Waals surface area contributed by atoms with Crippen molar-refractivity contribution in [1.29, 1.82) is 0 Å². The summed E-state index contributed by atoms with van der Waals surface area (Å²) in [6.45, 7) is 2.12. The molecule has 0 amide bonds. The van der Waals surface area contributed by atoms with Crippen LogP contribution in [-0.4, -0.2) is 40.2 Å². The molecular formula is C23H23ClN2O4. The van der Waals surface area contributed by atoms with Crippen LogP contribution in [0.1, 0.15) is 35.2 Å². The number of pyridine rings is 1. The molecule has 1 fully saturated rings. The number of carboxylic acids is 2. The SMILES string of the molecule is Clc1ccc2c(c1)CCc1cccnc1C2=C1CCNCC1.O=C(O)C=CC(=O)O. The van der Waals surface area contributed by atoms with Gasteiger partial charge in [0.25, 0.3) is 0 Å². The second-order valence-electron chi connectivity index (χ2n) is 7.05. The summed E-state index contributed by atoms with van der Waals surface area (Å²) in [6, 6.07) is 10.6. The van der Waals surface area contributed by atoms with Crippen molar-refractivity contribution >= 4 is 29.1 Å². The quantitative estimate of drug-likeness (QED) is 0.633. The predicted octanol–water partition coefficient (Wildman–Crippen LogP) is 3.73. The standard InChI is InChI=1S/C19H19ClN2.C4H4O4/c20-16-5-6-17-15(12-16)4-3-14-2-1-9-22-19(14)18(17)13-7-10-21-11-8-13;5-3(6)1-2-4(7)8/h1-2,5-6,9,12,21H,3-4,7-8,10-11H2;1-2H,(H,5,6)(H,7,8). The average Bonchev–Trinajstić information content (AvgIpc) is 2.90. The van der Waals surface area contributed by atoms with Crippen LogP contribution in [-0.2, 0) is 22.4 Å². The summed E-state index contributed by atoms with van der Waals surface area (Å²) >= 11 is 6.23. The highest BCUT2D eigenvalue weighted by atomic mass is 35.5. The third kappa shape index (κ3) is 5.55. The van der Waals surface area contributed by atoms with Gasteiger partial charge in [-0.3, -0.25) is 4.98 Å². The van der Waals surface area contributed by atoms with Crippen LogP contribution < -0.4 is 5.32 Å². The lowest BCUT2D eigenvalue weighted by molar-refractivity contribution is -0.134. The average molecular weight is 427 g/mol. The lowest BCUT2D eigenvalue weighted by atomic mass is 9.89. The minimum atomic E-state index is -1.26. The molecule has 1 aliphatic carbocycles. The Hall–Kier alpha value is -2.96. The molecule has 30 heavy (non-hydrogen) atoms. The number of aromatic nitrogens is 1. The molecule has 0 atom stereocenters. The summed E-state index contributed by atoms with van der Waals surface area (Å²) in [5.41, 5.74) is 8.12. The second-order valence-corrected chi connectivity index (χ2v) is 7.49. The molecule has 0 unspecified atom stereocenters. The first kappa shape index (κ1) is 21.7. The van der Waals surface area contributed by atoms with Gasteiger partial charge < -0.3 is 15.5 Å². The maximum atomic E-state index is 9.55. The molecule has 3 N–H and O–H groups in total. The summed E-state index contributed by atoms with van der Waals surface area (Å²) < 4.78 is 0. The lowest BCUT2D eigenvalue weighted by Gasteiger charge is -2.21. The third-order valence-corrected chi connectivity index (χ3v) is 5.29. The molecule has 1 aliphatic heterocycles. The van der Waals surface area contributed by atoms with Crippen LogP contribution in [0.15, 0.2) is 54.3 Å². The molecule has 2 heterocycles. The van der Waals surface area contributed by atoms with Gasteiger partial charge in [0.15, 0.2) is 0 Å². The van der Waals surface area contributed by atoms with E-state index in [1.54, 1.807) is 0 Å². The van der Waals surface area contributed by atoms with Crippen molar-refractivity contribution in [1.82, 2.24) is 10.3 Å². The molecule has 6 nitrogen and oxygen atoms in total. The largest absolute Gasteiger partial charge is 0.478 e. The molecule has 7 heteroatoms. The Morgan fingerprint density at radius 1 is 0.967 bits per heavy atom. The van der Waals surface area contributed by atoms with Crippen LogP contribution in [0.2, 0.25) is 5.02 Å². The lowest BCUT2D eigenvalue weighted by Crippen LogP contribution is -2.24. The van der Waals surface area contributed by atoms with Gasteiger partial charge >= 0.3 is 11.9 Å². The fourth-order valence-electron chi connectivity index (χ4n) is 3.75. The number of carbonyl (C=O) groups is 2. The van der Waals surface area contributed by atoms with Crippen LogP contribution in [0.25, 0.3) is 5.57 Å². The third-order valence-electron chi connectivity index (χ3n) is 5.06. The minimum Gasteiger partial charge on any atom is -0.478 e. The van der Waals surface area contributed by atoms with Crippen LogP contribution in [0, 0.1) is 0 Å². The van der Waals surface area contributed by atoms with Crippen molar-refractivity contribution in [2.24, 2.45) is 0 Å². The number of nitrogens with one attached hydrogen (secondary N) is 1. The van der Waals surface area contributed by atoms with E-state index in [1.807, 2.05) is 18.3 Å². The second kappa shape index (κ2) is 10.2. The zero-order valence-corrected chi connectivity index (χ0v) is 17.2. The van der Waals surface area contributed by atoms with E-state index in [9.17, 15) is 9.59 Å². The number of carboxylic acid groups (broad SMARTS) is 2. The van der Waals surface area contributed by atoms with E-state index in [1.165, 1.54) is 33.5 Å². The number of hydrogen-bond donors (Lipinski definition) is 3. The number of fused-ring (bicyclic) bond motifs is 2. The molecule has 1 saturated heterocycles. The van der Waals surface area contributed by atoms with Gasteiger partial charge in [-0.15, -0.1) is 0 Å². The molecule has 156 valence electrons.